The highest BCUT2D eigenvalue weighted by atomic mass is 19.4. The van der Waals surface area contributed by atoms with Gasteiger partial charge < -0.3 is 4.74 Å². The van der Waals surface area contributed by atoms with Gasteiger partial charge in [-0.05, 0) is 12.5 Å². The molecule has 12 heteroatoms. The fourth-order valence-corrected chi connectivity index (χ4v) is 3.62. The number of rotatable bonds is 4. The van der Waals surface area contributed by atoms with E-state index in [1.54, 1.807) is 0 Å². The highest BCUT2D eigenvalue weighted by Gasteiger charge is 2.83. The maximum atomic E-state index is 13.7. The molecule has 2 rings (SSSR count). The number of alkyl halides is 9. The zero-order chi connectivity index (χ0) is 22.3. The molecule has 1 aromatic rings. The molecule has 1 saturated heterocycles. The number of carbonyl (C=O) groups excluding carboxylic acids is 1. The number of hydrogen-bond acceptors (Lipinski definition) is 3. The molecule has 0 saturated carbocycles. The minimum absolute atomic E-state index is 0.00208. The van der Waals surface area contributed by atoms with Crippen LogP contribution in [0.15, 0.2) is 30.3 Å². The Hall–Kier alpha value is -1.98. The molecule has 0 spiro atoms. The first-order chi connectivity index (χ1) is 13.2. The van der Waals surface area contributed by atoms with Crippen molar-refractivity contribution in [1.82, 2.24) is 4.90 Å². The molecule has 3 nitrogen and oxygen atoms in total. The summed E-state index contributed by atoms with van der Waals surface area (Å²) in [6.45, 7) is -2.55. The molecule has 2 atom stereocenters. The molecule has 1 heterocycles. The first-order valence-corrected chi connectivity index (χ1v) is 8.31. The molecule has 29 heavy (non-hydrogen) atoms. The number of halogens is 9. The van der Waals surface area contributed by atoms with Gasteiger partial charge >= 0.3 is 24.5 Å². The molecular formula is C17H16F9NO2. The van der Waals surface area contributed by atoms with E-state index in [0.29, 0.717) is 0 Å². The van der Waals surface area contributed by atoms with Gasteiger partial charge in [-0.2, -0.15) is 39.5 Å². The van der Waals surface area contributed by atoms with Gasteiger partial charge in [-0.1, -0.05) is 30.3 Å². The minimum Gasteiger partial charge on any atom is -0.466 e. The van der Waals surface area contributed by atoms with E-state index in [-0.39, 0.29) is 10.5 Å². The van der Waals surface area contributed by atoms with Gasteiger partial charge in [0.1, 0.15) is 12.0 Å². The molecule has 1 fully saturated rings. The van der Waals surface area contributed by atoms with E-state index in [0.717, 1.165) is 6.92 Å². The van der Waals surface area contributed by atoms with Crippen LogP contribution in [0.25, 0.3) is 0 Å². The van der Waals surface area contributed by atoms with Gasteiger partial charge in [0.05, 0.1) is 6.61 Å². The molecule has 0 radical (unpaired) electrons. The zero-order valence-corrected chi connectivity index (χ0v) is 14.8. The molecule has 0 aliphatic carbocycles. The fraction of sp³-hybridized carbons (Fsp3) is 0.588. The van der Waals surface area contributed by atoms with Crippen molar-refractivity contribution >= 4 is 5.97 Å². The van der Waals surface area contributed by atoms with E-state index < -0.39 is 61.6 Å². The second kappa shape index (κ2) is 7.69. The van der Waals surface area contributed by atoms with E-state index in [4.69, 9.17) is 0 Å². The molecule has 0 bridgehead atoms. The molecule has 0 aromatic heterocycles. The van der Waals surface area contributed by atoms with Gasteiger partial charge in [0.15, 0.2) is 5.41 Å². The van der Waals surface area contributed by atoms with Crippen LogP contribution in [0.5, 0.6) is 0 Å². The van der Waals surface area contributed by atoms with Gasteiger partial charge in [0, 0.05) is 13.1 Å². The summed E-state index contributed by atoms with van der Waals surface area (Å²) >= 11 is 0. The van der Waals surface area contributed by atoms with Crippen molar-refractivity contribution in [2.75, 3.05) is 13.2 Å². The lowest BCUT2D eigenvalue weighted by Gasteiger charge is -2.37. The minimum atomic E-state index is -6.18. The maximum Gasteiger partial charge on any atom is 0.405 e. The van der Waals surface area contributed by atoms with Crippen LogP contribution in [0.2, 0.25) is 0 Å². The summed E-state index contributed by atoms with van der Waals surface area (Å²) in [5.74, 6) is -5.74. The standard InChI is InChI=1S/C17H16F9NO2/c1-2-29-13(28)11-12(15(18,19)20)27(8-10-6-4-3-5-7-10)9-14(11,16(21,22)23)17(24,25)26/h3-7,11-12H,2,8-9H2,1H3/t11-,12-/m0/s1. The van der Waals surface area contributed by atoms with Crippen molar-refractivity contribution in [2.45, 2.75) is 38.0 Å². The Balaban J connectivity index is 2.70. The van der Waals surface area contributed by atoms with Crippen LogP contribution in [-0.4, -0.2) is 48.6 Å². The van der Waals surface area contributed by atoms with Crippen molar-refractivity contribution in [3.63, 3.8) is 0 Å². The second-order valence-electron chi connectivity index (χ2n) is 6.57. The summed E-state index contributed by atoms with van der Waals surface area (Å²) in [5.41, 5.74) is -4.87. The lowest BCUT2D eigenvalue weighted by molar-refractivity contribution is -0.349. The number of likely N-dealkylation sites (tertiary alicyclic amines) is 1. The maximum absolute atomic E-state index is 13.7. The van der Waals surface area contributed by atoms with Crippen LogP contribution in [0.1, 0.15) is 12.5 Å². The molecule has 0 unspecified atom stereocenters. The molecule has 1 aliphatic rings. The Morgan fingerprint density at radius 2 is 1.55 bits per heavy atom. The van der Waals surface area contributed by atoms with Crippen LogP contribution in [0.3, 0.4) is 0 Å². The molecule has 164 valence electrons. The largest absolute Gasteiger partial charge is 0.466 e. The summed E-state index contributed by atoms with van der Waals surface area (Å²) < 4.78 is 128. The predicted molar refractivity (Wildman–Crippen MR) is 81.4 cm³/mol. The van der Waals surface area contributed by atoms with Gasteiger partial charge in [0.25, 0.3) is 0 Å². The topological polar surface area (TPSA) is 29.5 Å². The smallest absolute Gasteiger partial charge is 0.405 e. The third kappa shape index (κ3) is 4.17. The molecule has 0 N–H and O–H groups in total. The number of benzene rings is 1. The van der Waals surface area contributed by atoms with E-state index in [1.807, 2.05) is 0 Å². The van der Waals surface area contributed by atoms with Crippen molar-refractivity contribution in [2.24, 2.45) is 11.3 Å². The number of hydrogen-bond donors (Lipinski definition) is 0. The molecule has 1 aromatic carbocycles. The van der Waals surface area contributed by atoms with Crippen LogP contribution in [0.4, 0.5) is 39.5 Å². The van der Waals surface area contributed by atoms with Gasteiger partial charge in [-0.15, -0.1) is 0 Å². The Kier molecular flexibility index (Phi) is 6.18. The quantitative estimate of drug-likeness (QED) is 0.504. The average molecular weight is 437 g/mol. The summed E-state index contributed by atoms with van der Waals surface area (Å²) in [6, 6.07) is 3.41. The first-order valence-electron chi connectivity index (χ1n) is 8.31. The van der Waals surface area contributed by atoms with Gasteiger partial charge in [-0.3, -0.25) is 9.69 Å². The zero-order valence-electron chi connectivity index (χ0n) is 14.8. The number of esters is 1. The highest BCUT2D eigenvalue weighted by Crippen LogP contribution is 2.62. The molecule has 0 amide bonds. The average Bonchev–Trinajstić information content (AvgIpc) is 2.92. The summed E-state index contributed by atoms with van der Waals surface area (Å²) in [4.78, 5) is 12.1. The summed E-state index contributed by atoms with van der Waals surface area (Å²) in [7, 11) is 0. The van der Waals surface area contributed by atoms with Crippen LogP contribution < -0.4 is 0 Å². The van der Waals surface area contributed by atoms with Gasteiger partial charge in [0.2, 0.25) is 0 Å². The first kappa shape index (κ1) is 23.3. The molecule has 1 aliphatic heterocycles. The Morgan fingerprint density at radius 3 is 1.97 bits per heavy atom. The van der Waals surface area contributed by atoms with Crippen molar-refractivity contribution in [3.05, 3.63) is 35.9 Å². The number of carbonyl (C=O) groups is 1. The normalized spacial score (nSPS) is 23.2. The third-order valence-corrected chi connectivity index (χ3v) is 4.81. The van der Waals surface area contributed by atoms with Gasteiger partial charge in [-0.25, -0.2) is 0 Å². The summed E-state index contributed by atoms with van der Waals surface area (Å²) in [5, 5.41) is 0. The fourth-order valence-electron chi connectivity index (χ4n) is 3.62. The number of ether oxygens (including phenoxy) is 1. The predicted octanol–water partition coefficient (Wildman–Crippen LogP) is 4.72. The lowest BCUT2D eigenvalue weighted by atomic mass is 9.73. The highest BCUT2D eigenvalue weighted by molar-refractivity contribution is 5.75. The van der Waals surface area contributed by atoms with E-state index >= 15 is 0 Å². The van der Waals surface area contributed by atoms with Crippen molar-refractivity contribution < 1.29 is 49.0 Å². The summed E-state index contributed by atoms with van der Waals surface area (Å²) in [6.07, 6.45) is -17.9. The third-order valence-electron chi connectivity index (χ3n) is 4.81. The molecular weight excluding hydrogens is 421 g/mol. The van der Waals surface area contributed by atoms with Crippen LogP contribution >= 0.6 is 0 Å². The lowest BCUT2D eigenvalue weighted by Crippen LogP contribution is -2.59. The van der Waals surface area contributed by atoms with Crippen LogP contribution in [0, 0.1) is 11.3 Å². The number of nitrogens with zero attached hydrogens (tertiary/aromatic N) is 1. The Bertz CT molecular complexity index is 698. The monoisotopic (exact) mass is 437 g/mol. The van der Waals surface area contributed by atoms with Crippen molar-refractivity contribution in [1.29, 1.82) is 0 Å². The second-order valence-corrected chi connectivity index (χ2v) is 6.57. The SMILES string of the molecule is CCOC(=O)[C@@H]1[C@@H](C(F)(F)F)N(Cc2ccccc2)CC1(C(F)(F)F)C(F)(F)F. The van der Waals surface area contributed by atoms with E-state index in [1.165, 1.54) is 30.3 Å². The van der Waals surface area contributed by atoms with E-state index in [9.17, 15) is 44.3 Å². The van der Waals surface area contributed by atoms with Crippen molar-refractivity contribution in [3.8, 4) is 0 Å². The van der Waals surface area contributed by atoms with Crippen LogP contribution in [-0.2, 0) is 16.1 Å². The Morgan fingerprint density at radius 1 is 1.03 bits per heavy atom. The van der Waals surface area contributed by atoms with E-state index in [2.05, 4.69) is 4.74 Å². The Labute approximate surface area is 159 Å².